The predicted octanol–water partition coefficient (Wildman–Crippen LogP) is 2.25. The van der Waals surface area contributed by atoms with Crippen LogP contribution in [0, 0.1) is 0 Å². The topological polar surface area (TPSA) is 76.5 Å². The second kappa shape index (κ2) is 7.99. The average Bonchev–Trinajstić information content (AvgIpc) is 3.18. The summed E-state index contributed by atoms with van der Waals surface area (Å²) in [6, 6.07) is 10.1. The summed E-state index contributed by atoms with van der Waals surface area (Å²) in [5.74, 6) is 0.660. The lowest BCUT2D eigenvalue weighted by Crippen LogP contribution is -2.43. The van der Waals surface area contributed by atoms with Gasteiger partial charge in [-0.15, -0.1) is 0 Å². The van der Waals surface area contributed by atoms with Crippen LogP contribution in [0.4, 0.5) is 0 Å². The number of amides is 2. The van der Waals surface area contributed by atoms with Crippen LogP contribution in [0.1, 0.15) is 42.9 Å². The molecule has 0 unspecified atom stereocenters. The molecular formula is C22H28N4O3. The lowest BCUT2D eigenvalue weighted by molar-refractivity contribution is -0.138. The largest absolute Gasteiger partial charge is 0.375 e. The molecule has 2 aromatic rings. The minimum Gasteiger partial charge on any atom is -0.375 e. The number of nitrogens with zero attached hydrogens (tertiary/aromatic N) is 3. The predicted molar refractivity (Wildman–Crippen MR) is 110 cm³/mol. The molecule has 3 heterocycles. The third kappa shape index (κ3) is 3.67. The van der Waals surface area contributed by atoms with Crippen molar-refractivity contribution in [1.82, 2.24) is 19.8 Å². The van der Waals surface area contributed by atoms with Crippen LogP contribution in [0.5, 0.6) is 0 Å². The van der Waals surface area contributed by atoms with E-state index in [1.165, 1.54) is 0 Å². The van der Waals surface area contributed by atoms with Crippen molar-refractivity contribution < 1.29 is 14.3 Å². The minimum absolute atomic E-state index is 0.0214. The van der Waals surface area contributed by atoms with E-state index in [0.717, 1.165) is 29.9 Å². The molecule has 1 aromatic carbocycles. The molecule has 2 amide bonds. The smallest absolute Gasteiger partial charge is 0.271 e. The van der Waals surface area contributed by atoms with Crippen LogP contribution in [0.2, 0.25) is 0 Å². The zero-order valence-corrected chi connectivity index (χ0v) is 17.2. The Morgan fingerprint density at radius 2 is 1.93 bits per heavy atom. The highest BCUT2D eigenvalue weighted by atomic mass is 16.5. The second-order valence-corrected chi connectivity index (χ2v) is 8.16. The van der Waals surface area contributed by atoms with Crippen molar-refractivity contribution in [2.24, 2.45) is 0 Å². The highest BCUT2D eigenvalue weighted by Crippen LogP contribution is 2.35. The Balaban J connectivity index is 1.78. The van der Waals surface area contributed by atoms with Gasteiger partial charge in [0.1, 0.15) is 18.1 Å². The van der Waals surface area contributed by atoms with Crippen LogP contribution >= 0.6 is 0 Å². The van der Waals surface area contributed by atoms with E-state index in [-0.39, 0.29) is 36.5 Å². The van der Waals surface area contributed by atoms with E-state index in [1.807, 2.05) is 49.1 Å². The Morgan fingerprint density at radius 1 is 1.21 bits per heavy atom. The molecule has 29 heavy (non-hydrogen) atoms. The maximum Gasteiger partial charge on any atom is 0.271 e. The molecule has 2 atom stereocenters. The van der Waals surface area contributed by atoms with Gasteiger partial charge in [0.25, 0.3) is 5.91 Å². The van der Waals surface area contributed by atoms with Gasteiger partial charge in [0.05, 0.1) is 11.7 Å². The molecule has 2 aliphatic rings. The molecule has 2 bridgehead atoms. The van der Waals surface area contributed by atoms with Gasteiger partial charge in [-0.25, -0.2) is 4.98 Å². The Bertz CT molecular complexity index is 906. The number of imidazole rings is 1. The first-order valence-corrected chi connectivity index (χ1v) is 10.2. The molecule has 0 radical (unpaired) electrons. The number of fused-ring (bicyclic) bond motifs is 3. The van der Waals surface area contributed by atoms with Gasteiger partial charge in [0, 0.05) is 37.7 Å². The molecule has 0 saturated carbocycles. The molecule has 1 saturated heterocycles. The summed E-state index contributed by atoms with van der Waals surface area (Å²) in [5, 5.41) is 2.98. The van der Waals surface area contributed by atoms with Gasteiger partial charge < -0.3 is 19.5 Å². The van der Waals surface area contributed by atoms with Crippen molar-refractivity contribution in [3.63, 3.8) is 0 Å². The number of aromatic nitrogens is 2. The first-order chi connectivity index (χ1) is 14.0. The van der Waals surface area contributed by atoms with Crippen LogP contribution in [0.15, 0.2) is 30.3 Å². The first kappa shape index (κ1) is 19.6. The van der Waals surface area contributed by atoms with Crippen molar-refractivity contribution in [3.8, 4) is 11.4 Å². The number of hydrogen-bond donors (Lipinski definition) is 1. The van der Waals surface area contributed by atoms with Crippen molar-refractivity contribution >= 4 is 11.8 Å². The van der Waals surface area contributed by atoms with Crippen molar-refractivity contribution in [2.75, 3.05) is 13.7 Å². The van der Waals surface area contributed by atoms with Gasteiger partial charge >= 0.3 is 0 Å². The molecular weight excluding hydrogens is 368 g/mol. The van der Waals surface area contributed by atoms with Crippen LogP contribution in [-0.2, 0) is 22.5 Å². The molecule has 1 aromatic heterocycles. The number of carbonyl (C=O) groups excluding carboxylic acids is 2. The molecule has 154 valence electrons. The second-order valence-electron chi connectivity index (χ2n) is 8.16. The van der Waals surface area contributed by atoms with E-state index in [9.17, 15) is 9.59 Å². The molecule has 1 N–H and O–H groups in total. The van der Waals surface area contributed by atoms with E-state index in [2.05, 4.69) is 9.88 Å². The van der Waals surface area contributed by atoms with E-state index in [1.54, 1.807) is 7.11 Å². The number of hydrogen-bond acceptors (Lipinski definition) is 4. The van der Waals surface area contributed by atoms with Gasteiger partial charge in [0.2, 0.25) is 5.91 Å². The van der Waals surface area contributed by atoms with Crippen LogP contribution < -0.4 is 5.32 Å². The van der Waals surface area contributed by atoms with Gasteiger partial charge in [-0.3, -0.25) is 9.59 Å². The highest BCUT2D eigenvalue weighted by Gasteiger charge is 2.42. The summed E-state index contributed by atoms with van der Waals surface area (Å²) in [7, 11) is 1.55. The zero-order valence-electron chi connectivity index (χ0n) is 17.2. The lowest BCUT2D eigenvalue weighted by Gasteiger charge is -2.28. The average molecular weight is 396 g/mol. The lowest BCUT2D eigenvalue weighted by atomic mass is 10.0. The number of methoxy groups -OCH3 is 1. The SMILES string of the molecule is COCC(=O)N1[C@@H]2CC[C@H]1Cc1c(C(=O)NC(C)C)nc(-c3ccccc3)n1C2. The number of rotatable bonds is 5. The van der Waals surface area contributed by atoms with Crippen molar-refractivity contribution in [2.45, 2.75) is 57.8 Å². The number of benzene rings is 1. The Hall–Kier alpha value is -2.67. The first-order valence-electron chi connectivity index (χ1n) is 10.2. The van der Waals surface area contributed by atoms with Crippen LogP contribution in [0.3, 0.4) is 0 Å². The molecule has 0 aliphatic carbocycles. The number of carbonyl (C=O) groups is 2. The Kier molecular flexibility index (Phi) is 5.41. The summed E-state index contributed by atoms with van der Waals surface area (Å²) in [4.78, 5) is 32.4. The molecule has 7 heteroatoms. The third-order valence-corrected chi connectivity index (χ3v) is 5.74. The maximum absolute atomic E-state index is 12.9. The maximum atomic E-state index is 12.9. The van der Waals surface area contributed by atoms with Crippen molar-refractivity contribution in [3.05, 3.63) is 41.7 Å². The van der Waals surface area contributed by atoms with Gasteiger partial charge in [-0.2, -0.15) is 0 Å². The fourth-order valence-corrected chi connectivity index (χ4v) is 4.59. The highest BCUT2D eigenvalue weighted by molar-refractivity contribution is 5.94. The molecule has 4 rings (SSSR count). The summed E-state index contributed by atoms with van der Waals surface area (Å²) in [5.41, 5.74) is 2.37. The fraction of sp³-hybridized carbons (Fsp3) is 0.500. The molecule has 1 fully saturated rings. The van der Waals surface area contributed by atoms with E-state index in [0.29, 0.717) is 18.7 Å². The summed E-state index contributed by atoms with van der Waals surface area (Å²) in [6.45, 7) is 4.62. The summed E-state index contributed by atoms with van der Waals surface area (Å²) in [6.07, 6.45) is 2.53. The van der Waals surface area contributed by atoms with Crippen LogP contribution in [0.25, 0.3) is 11.4 Å². The van der Waals surface area contributed by atoms with Gasteiger partial charge in [-0.05, 0) is 26.7 Å². The number of nitrogens with one attached hydrogen (secondary N) is 1. The molecule has 2 aliphatic heterocycles. The molecule has 7 nitrogen and oxygen atoms in total. The van der Waals surface area contributed by atoms with Crippen LogP contribution in [-0.4, -0.2) is 58.1 Å². The standard InChI is InChI=1S/C22H28N4O3/c1-14(2)23-22(28)20-18-11-16-9-10-17(26(16)19(27)13-29-3)12-25(18)21(24-20)15-7-5-4-6-8-15/h4-8,14,16-17H,9-13H2,1-3H3,(H,23,28)/t16-,17+/m0/s1. The fourth-order valence-electron chi connectivity index (χ4n) is 4.59. The monoisotopic (exact) mass is 396 g/mol. The normalized spacial score (nSPS) is 20.5. The molecule has 0 spiro atoms. The minimum atomic E-state index is -0.154. The quantitative estimate of drug-likeness (QED) is 0.841. The Labute approximate surface area is 171 Å². The van der Waals surface area contributed by atoms with E-state index >= 15 is 0 Å². The third-order valence-electron chi connectivity index (χ3n) is 5.74. The van der Waals surface area contributed by atoms with E-state index in [4.69, 9.17) is 9.72 Å². The zero-order chi connectivity index (χ0) is 20.5. The van der Waals surface area contributed by atoms with Gasteiger partial charge in [-0.1, -0.05) is 30.3 Å². The van der Waals surface area contributed by atoms with E-state index < -0.39 is 0 Å². The summed E-state index contributed by atoms with van der Waals surface area (Å²) >= 11 is 0. The number of ether oxygens (including phenoxy) is 1. The van der Waals surface area contributed by atoms with Crippen molar-refractivity contribution in [1.29, 1.82) is 0 Å². The Morgan fingerprint density at radius 3 is 2.62 bits per heavy atom. The summed E-state index contributed by atoms with van der Waals surface area (Å²) < 4.78 is 7.26. The van der Waals surface area contributed by atoms with Gasteiger partial charge in [0.15, 0.2) is 0 Å².